The minimum absolute atomic E-state index is 0.0331. The SMILES string of the molecule is CC(C)(C)C1CCN(C(=O)c2cc(N)cc(N)c2)C1. The highest BCUT2D eigenvalue weighted by atomic mass is 16.2. The molecule has 1 aliphatic heterocycles. The van der Waals surface area contributed by atoms with E-state index in [1.807, 2.05) is 4.90 Å². The number of amides is 1. The summed E-state index contributed by atoms with van der Waals surface area (Å²) in [6.07, 6.45) is 1.06. The second-order valence-electron chi connectivity index (χ2n) is 6.49. The average molecular weight is 261 g/mol. The van der Waals surface area contributed by atoms with Crippen LogP contribution in [-0.2, 0) is 0 Å². The van der Waals surface area contributed by atoms with E-state index in [2.05, 4.69) is 20.8 Å². The van der Waals surface area contributed by atoms with E-state index in [-0.39, 0.29) is 11.3 Å². The van der Waals surface area contributed by atoms with Gasteiger partial charge in [-0.25, -0.2) is 0 Å². The van der Waals surface area contributed by atoms with Gasteiger partial charge in [0.1, 0.15) is 0 Å². The van der Waals surface area contributed by atoms with Crippen molar-refractivity contribution in [1.29, 1.82) is 0 Å². The van der Waals surface area contributed by atoms with Crippen LogP contribution >= 0.6 is 0 Å². The molecule has 0 bridgehead atoms. The van der Waals surface area contributed by atoms with Crippen LogP contribution in [0.15, 0.2) is 18.2 Å². The molecule has 1 amide bonds. The van der Waals surface area contributed by atoms with Gasteiger partial charge in [-0.3, -0.25) is 4.79 Å². The Morgan fingerprint density at radius 3 is 2.26 bits per heavy atom. The second kappa shape index (κ2) is 4.76. The Bertz CT molecular complexity index is 470. The van der Waals surface area contributed by atoms with Crippen molar-refractivity contribution in [1.82, 2.24) is 4.90 Å². The van der Waals surface area contributed by atoms with Crippen LogP contribution in [0.2, 0.25) is 0 Å². The van der Waals surface area contributed by atoms with Crippen molar-refractivity contribution in [2.45, 2.75) is 27.2 Å². The normalized spacial score (nSPS) is 19.7. The monoisotopic (exact) mass is 261 g/mol. The van der Waals surface area contributed by atoms with E-state index in [1.165, 1.54) is 0 Å². The van der Waals surface area contributed by atoms with Crippen molar-refractivity contribution >= 4 is 17.3 Å². The Kier molecular flexibility index (Phi) is 3.43. The maximum Gasteiger partial charge on any atom is 0.254 e. The minimum atomic E-state index is 0.0331. The van der Waals surface area contributed by atoms with Gasteiger partial charge in [-0.05, 0) is 36.0 Å². The van der Waals surface area contributed by atoms with E-state index >= 15 is 0 Å². The third kappa shape index (κ3) is 3.00. The van der Waals surface area contributed by atoms with Gasteiger partial charge in [0.05, 0.1) is 0 Å². The molecule has 1 aromatic carbocycles. The fourth-order valence-electron chi connectivity index (χ4n) is 2.63. The molecule has 1 aliphatic rings. The van der Waals surface area contributed by atoms with E-state index in [4.69, 9.17) is 11.5 Å². The Hall–Kier alpha value is -1.71. The first-order valence-electron chi connectivity index (χ1n) is 6.72. The molecule has 2 rings (SSSR count). The van der Waals surface area contributed by atoms with E-state index in [0.29, 0.717) is 22.9 Å². The third-order valence-electron chi connectivity index (χ3n) is 3.92. The first-order chi connectivity index (χ1) is 8.77. The number of carbonyl (C=O) groups excluding carboxylic acids is 1. The summed E-state index contributed by atoms with van der Waals surface area (Å²) >= 11 is 0. The molecule has 1 unspecified atom stereocenters. The topological polar surface area (TPSA) is 72.3 Å². The molecular formula is C15H23N3O. The number of anilines is 2. The van der Waals surface area contributed by atoms with Gasteiger partial charge >= 0.3 is 0 Å². The molecule has 4 nitrogen and oxygen atoms in total. The molecular weight excluding hydrogens is 238 g/mol. The molecule has 1 fully saturated rings. The largest absolute Gasteiger partial charge is 0.399 e. The zero-order valence-corrected chi connectivity index (χ0v) is 11.9. The molecule has 1 atom stereocenters. The van der Waals surface area contributed by atoms with Crippen LogP contribution in [-0.4, -0.2) is 23.9 Å². The number of likely N-dealkylation sites (tertiary alicyclic amines) is 1. The molecule has 104 valence electrons. The molecule has 1 saturated heterocycles. The average Bonchev–Trinajstić information content (AvgIpc) is 2.75. The lowest BCUT2D eigenvalue weighted by molar-refractivity contribution is 0.0776. The van der Waals surface area contributed by atoms with Gasteiger partial charge in [-0.2, -0.15) is 0 Å². The summed E-state index contributed by atoms with van der Waals surface area (Å²) in [6, 6.07) is 5.06. The molecule has 0 spiro atoms. The maximum atomic E-state index is 12.4. The number of nitrogen functional groups attached to an aromatic ring is 2. The molecule has 1 aromatic rings. The van der Waals surface area contributed by atoms with E-state index < -0.39 is 0 Å². The van der Waals surface area contributed by atoms with Crippen LogP contribution in [0.5, 0.6) is 0 Å². The fourth-order valence-corrected chi connectivity index (χ4v) is 2.63. The quantitative estimate of drug-likeness (QED) is 0.762. The van der Waals surface area contributed by atoms with Gasteiger partial charge in [0.2, 0.25) is 0 Å². The van der Waals surface area contributed by atoms with Gasteiger partial charge in [-0.1, -0.05) is 20.8 Å². The summed E-state index contributed by atoms with van der Waals surface area (Å²) in [5.74, 6) is 0.584. The first-order valence-corrected chi connectivity index (χ1v) is 6.72. The maximum absolute atomic E-state index is 12.4. The summed E-state index contributed by atoms with van der Waals surface area (Å²) in [7, 11) is 0. The molecule has 4 N–H and O–H groups in total. The van der Waals surface area contributed by atoms with Gasteiger partial charge in [0.15, 0.2) is 0 Å². The van der Waals surface area contributed by atoms with Crippen LogP contribution < -0.4 is 11.5 Å². The van der Waals surface area contributed by atoms with Crippen LogP contribution in [0.1, 0.15) is 37.6 Å². The van der Waals surface area contributed by atoms with Crippen LogP contribution in [0.4, 0.5) is 11.4 Å². The number of benzene rings is 1. The predicted octanol–water partition coefficient (Wildman–Crippen LogP) is 2.36. The Morgan fingerprint density at radius 1 is 1.21 bits per heavy atom. The first kappa shape index (κ1) is 13.7. The molecule has 0 aromatic heterocycles. The molecule has 1 heterocycles. The fraction of sp³-hybridized carbons (Fsp3) is 0.533. The van der Waals surface area contributed by atoms with Crippen molar-refractivity contribution in [3.63, 3.8) is 0 Å². The molecule has 0 radical (unpaired) electrons. The van der Waals surface area contributed by atoms with Gasteiger partial charge in [0.25, 0.3) is 5.91 Å². The van der Waals surface area contributed by atoms with Gasteiger partial charge in [0, 0.05) is 30.0 Å². The summed E-state index contributed by atoms with van der Waals surface area (Å²) in [5.41, 5.74) is 13.4. The van der Waals surface area contributed by atoms with Crippen molar-refractivity contribution in [3.05, 3.63) is 23.8 Å². The number of hydrogen-bond donors (Lipinski definition) is 2. The van der Waals surface area contributed by atoms with Crippen molar-refractivity contribution in [2.24, 2.45) is 11.3 Å². The highest BCUT2D eigenvalue weighted by Gasteiger charge is 2.34. The Morgan fingerprint density at radius 2 is 1.79 bits per heavy atom. The Balaban J connectivity index is 2.13. The lowest BCUT2D eigenvalue weighted by Gasteiger charge is -2.27. The van der Waals surface area contributed by atoms with Crippen molar-refractivity contribution in [2.75, 3.05) is 24.6 Å². The van der Waals surface area contributed by atoms with Crippen molar-refractivity contribution < 1.29 is 4.79 Å². The summed E-state index contributed by atoms with van der Waals surface area (Å²) < 4.78 is 0. The summed E-state index contributed by atoms with van der Waals surface area (Å²) in [5, 5.41) is 0. The standard InChI is InChI=1S/C15H23N3O/c1-15(2,3)11-4-5-18(9-11)14(19)10-6-12(16)8-13(17)7-10/h6-8,11H,4-5,9,16-17H2,1-3H3. The zero-order chi connectivity index (χ0) is 14.2. The number of nitrogens with zero attached hydrogens (tertiary/aromatic N) is 1. The predicted molar refractivity (Wildman–Crippen MR) is 78.7 cm³/mol. The highest BCUT2D eigenvalue weighted by molar-refractivity contribution is 5.96. The Labute approximate surface area is 114 Å². The molecule has 0 saturated carbocycles. The number of carbonyl (C=O) groups is 1. The van der Waals surface area contributed by atoms with Gasteiger partial charge in [-0.15, -0.1) is 0 Å². The smallest absolute Gasteiger partial charge is 0.254 e. The van der Waals surface area contributed by atoms with E-state index in [1.54, 1.807) is 18.2 Å². The lowest BCUT2D eigenvalue weighted by Crippen LogP contribution is -2.31. The third-order valence-corrected chi connectivity index (χ3v) is 3.92. The summed E-state index contributed by atoms with van der Waals surface area (Å²) in [4.78, 5) is 14.3. The highest BCUT2D eigenvalue weighted by Crippen LogP contribution is 2.34. The minimum Gasteiger partial charge on any atom is -0.399 e. The molecule has 19 heavy (non-hydrogen) atoms. The van der Waals surface area contributed by atoms with Crippen LogP contribution in [0.3, 0.4) is 0 Å². The van der Waals surface area contributed by atoms with Crippen molar-refractivity contribution in [3.8, 4) is 0 Å². The van der Waals surface area contributed by atoms with Gasteiger partial charge < -0.3 is 16.4 Å². The lowest BCUT2D eigenvalue weighted by atomic mass is 9.80. The van der Waals surface area contributed by atoms with E-state index in [9.17, 15) is 4.79 Å². The number of rotatable bonds is 1. The molecule has 4 heteroatoms. The summed E-state index contributed by atoms with van der Waals surface area (Å²) in [6.45, 7) is 8.31. The van der Waals surface area contributed by atoms with Crippen LogP contribution in [0, 0.1) is 11.3 Å². The van der Waals surface area contributed by atoms with E-state index in [0.717, 1.165) is 19.5 Å². The van der Waals surface area contributed by atoms with Crippen LogP contribution in [0.25, 0.3) is 0 Å². The zero-order valence-electron chi connectivity index (χ0n) is 11.9. The number of nitrogens with two attached hydrogens (primary N) is 2. The second-order valence-corrected chi connectivity index (χ2v) is 6.49. The molecule has 0 aliphatic carbocycles. The number of hydrogen-bond acceptors (Lipinski definition) is 3.